The number of aliphatic hydroxyl groups is 1. The van der Waals surface area contributed by atoms with Crippen LogP contribution >= 0.6 is 0 Å². The number of unbranched alkanes of at least 4 members (excludes halogenated alkanes) is 1. The maximum Gasteiger partial charge on any atom is 0.220 e. The van der Waals surface area contributed by atoms with E-state index in [1.807, 2.05) is 23.0 Å². The summed E-state index contributed by atoms with van der Waals surface area (Å²) in [6.45, 7) is 5.83. The van der Waals surface area contributed by atoms with Crippen LogP contribution in [0.4, 0.5) is 8.78 Å². The predicted octanol–water partition coefficient (Wildman–Crippen LogP) is 4.33. The number of hydrogen-bond donors (Lipinski definition) is 3. The van der Waals surface area contributed by atoms with Crippen molar-refractivity contribution < 1.29 is 18.7 Å². The lowest BCUT2D eigenvalue weighted by Crippen LogP contribution is -2.48. The molecule has 3 aromatic rings. The van der Waals surface area contributed by atoms with E-state index in [4.69, 9.17) is 0 Å². The Hall–Kier alpha value is -3.10. The molecule has 6 nitrogen and oxygen atoms in total. The highest BCUT2D eigenvalue weighted by Gasteiger charge is 2.22. The molecule has 0 spiro atoms. The summed E-state index contributed by atoms with van der Waals surface area (Å²) >= 11 is 0. The summed E-state index contributed by atoms with van der Waals surface area (Å²) in [5.41, 5.74) is 3.66. The summed E-state index contributed by atoms with van der Waals surface area (Å²) in [7, 11) is 0. The average Bonchev–Trinajstić information content (AvgIpc) is 3.33. The third kappa shape index (κ3) is 9.70. The number of aromatic nitrogens is 2. The van der Waals surface area contributed by atoms with Crippen LogP contribution in [0.1, 0.15) is 55.4 Å². The fraction of sp³-hybridized carbons (Fsp3) is 0.448. The number of nitrogens with zero attached hydrogens (tertiary/aromatic N) is 2. The topological polar surface area (TPSA) is 79.2 Å². The molecule has 1 amide bonds. The number of aryl methyl sites for hydroxylation is 3. The normalized spacial score (nSPS) is 12.9. The highest BCUT2D eigenvalue weighted by molar-refractivity contribution is 5.76. The molecule has 2 atom stereocenters. The van der Waals surface area contributed by atoms with Crippen LogP contribution in [0.25, 0.3) is 0 Å². The number of carbonyl (C=O) groups is 1. The number of hydrogen-bond acceptors (Lipinski definition) is 4. The predicted molar refractivity (Wildman–Crippen MR) is 141 cm³/mol. The minimum Gasteiger partial charge on any atom is -0.390 e. The second-order valence-electron chi connectivity index (χ2n) is 9.49. The van der Waals surface area contributed by atoms with Gasteiger partial charge in [-0.15, -0.1) is 0 Å². The monoisotopic (exact) mass is 512 g/mol. The van der Waals surface area contributed by atoms with Crippen molar-refractivity contribution in [3.8, 4) is 0 Å². The van der Waals surface area contributed by atoms with Crippen LogP contribution in [0.3, 0.4) is 0 Å². The molecule has 1 aromatic heterocycles. The molecule has 0 saturated carbocycles. The van der Waals surface area contributed by atoms with Crippen LogP contribution in [0.15, 0.2) is 54.9 Å². The Morgan fingerprint density at radius 3 is 2.54 bits per heavy atom. The van der Waals surface area contributed by atoms with E-state index in [-0.39, 0.29) is 25.3 Å². The Kier molecular flexibility index (Phi) is 11.2. The summed E-state index contributed by atoms with van der Waals surface area (Å²) in [4.78, 5) is 12.8. The Bertz CT molecular complexity index is 1110. The lowest BCUT2D eigenvalue weighted by atomic mass is 10.00. The first kappa shape index (κ1) is 28.5. The number of rotatable bonds is 15. The number of benzene rings is 2. The van der Waals surface area contributed by atoms with Crippen LogP contribution in [0, 0.1) is 11.6 Å². The Balaban J connectivity index is 1.59. The molecule has 8 heteroatoms. The fourth-order valence-corrected chi connectivity index (χ4v) is 4.25. The average molecular weight is 513 g/mol. The van der Waals surface area contributed by atoms with Crippen molar-refractivity contribution >= 4 is 5.91 Å². The van der Waals surface area contributed by atoms with Gasteiger partial charge in [-0.05, 0) is 60.1 Å². The molecule has 37 heavy (non-hydrogen) atoms. The van der Waals surface area contributed by atoms with Gasteiger partial charge >= 0.3 is 0 Å². The first-order valence-electron chi connectivity index (χ1n) is 13.1. The van der Waals surface area contributed by atoms with E-state index in [1.165, 1.54) is 17.7 Å². The highest BCUT2D eigenvalue weighted by Crippen LogP contribution is 2.13. The molecule has 3 rings (SSSR count). The van der Waals surface area contributed by atoms with Gasteiger partial charge < -0.3 is 15.7 Å². The number of nitrogens with one attached hydrogen (secondary N) is 2. The lowest BCUT2D eigenvalue weighted by molar-refractivity contribution is -0.122. The molecule has 0 aliphatic rings. The van der Waals surface area contributed by atoms with Crippen LogP contribution in [-0.4, -0.2) is 39.5 Å². The largest absolute Gasteiger partial charge is 0.390 e. The Labute approximate surface area is 218 Å². The molecule has 1 heterocycles. The molecule has 0 unspecified atom stereocenters. The van der Waals surface area contributed by atoms with Gasteiger partial charge in [-0.2, -0.15) is 5.10 Å². The Morgan fingerprint density at radius 2 is 1.81 bits per heavy atom. The van der Waals surface area contributed by atoms with Gasteiger partial charge in [0.2, 0.25) is 5.91 Å². The number of amides is 1. The van der Waals surface area contributed by atoms with Gasteiger partial charge in [-0.25, -0.2) is 8.78 Å². The van der Waals surface area contributed by atoms with Crippen molar-refractivity contribution in [3.63, 3.8) is 0 Å². The van der Waals surface area contributed by atoms with Crippen molar-refractivity contribution in [3.05, 3.63) is 88.7 Å². The quantitative estimate of drug-likeness (QED) is 0.283. The third-order valence-electron chi connectivity index (χ3n) is 6.34. The van der Waals surface area contributed by atoms with Gasteiger partial charge in [0.05, 0.1) is 18.3 Å². The van der Waals surface area contributed by atoms with E-state index in [0.717, 1.165) is 43.0 Å². The molecule has 0 radical (unpaired) electrons. The van der Waals surface area contributed by atoms with E-state index in [0.29, 0.717) is 18.5 Å². The summed E-state index contributed by atoms with van der Waals surface area (Å²) in [6.07, 6.45) is 6.65. The fourth-order valence-electron chi connectivity index (χ4n) is 4.25. The van der Waals surface area contributed by atoms with Gasteiger partial charge in [0.1, 0.15) is 11.6 Å². The van der Waals surface area contributed by atoms with Crippen molar-refractivity contribution in [2.45, 2.75) is 77.6 Å². The standard InChI is InChI=1S/C29H38F2N4O2/c1-3-5-11-35-20-23(18-33-35)9-10-29(37)34-27(15-24-13-25(30)16-26(31)14-24)28(36)19-32-17-22-8-6-7-21(4-2)12-22/h6-8,12-14,16,18,20,27-28,32,36H,3-5,9-11,15,17,19H2,1-2H3,(H,34,37)/t27-,28-/m0/s1. The summed E-state index contributed by atoms with van der Waals surface area (Å²) in [6, 6.07) is 10.7. The van der Waals surface area contributed by atoms with Crippen LogP contribution < -0.4 is 10.6 Å². The smallest absolute Gasteiger partial charge is 0.220 e. The molecular formula is C29H38F2N4O2. The number of aliphatic hydroxyl groups excluding tert-OH is 1. The number of carbonyl (C=O) groups excluding carboxylic acids is 1. The van der Waals surface area contributed by atoms with Crippen LogP contribution in [-0.2, 0) is 37.1 Å². The van der Waals surface area contributed by atoms with Gasteiger partial charge in [0.25, 0.3) is 0 Å². The van der Waals surface area contributed by atoms with E-state index in [9.17, 15) is 18.7 Å². The van der Waals surface area contributed by atoms with E-state index < -0.39 is 23.8 Å². The van der Waals surface area contributed by atoms with E-state index in [1.54, 1.807) is 6.20 Å². The van der Waals surface area contributed by atoms with Gasteiger partial charge in [-0.1, -0.05) is 44.5 Å². The highest BCUT2D eigenvalue weighted by atomic mass is 19.1. The zero-order valence-corrected chi connectivity index (χ0v) is 21.7. The van der Waals surface area contributed by atoms with Crippen LogP contribution in [0.5, 0.6) is 0 Å². The molecule has 3 N–H and O–H groups in total. The summed E-state index contributed by atoms with van der Waals surface area (Å²) in [5, 5.41) is 21.4. The van der Waals surface area contributed by atoms with Gasteiger partial charge in [-0.3, -0.25) is 9.48 Å². The molecule has 0 fully saturated rings. The van der Waals surface area contributed by atoms with Crippen molar-refractivity contribution in [1.82, 2.24) is 20.4 Å². The zero-order valence-electron chi connectivity index (χ0n) is 21.7. The van der Waals surface area contributed by atoms with Crippen molar-refractivity contribution in [1.29, 1.82) is 0 Å². The zero-order chi connectivity index (χ0) is 26.6. The second kappa shape index (κ2) is 14.6. The van der Waals surface area contributed by atoms with Crippen molar-refractivity contribution in [2.24, 2.45) is 0 Å². The van der Waals surface area contributed by atoms with Gasteiger partial charge in [0, 0.05) is 38.3 Å². The molecule has 200 valence electrons. The van der Waals surface area contributed by atoms with E-state index >= 15 is 0 Å². The molecule has 0 aliphatic carbocycles. The number of halogens is 2. The summed E-state index contributed by atoms with van der Waals surface area (Å²) < 4.78 is 29.4. The molecular weight excluding hydrogens is 474 g/mol. The van der Waals surface area contributed by atoms with Crippen molar-refractivity contribution in [2.75, 3.05) is 6.54 Å². The Morgan fingerprint density at radius 1 is 1.05 bits per heavy atom. The SMILES string of the molecule is CCCCn1cc(CCC(=O)N[C@@H](Cc2cc(F)cc(F)c2)[C@@H](O)CNCc2cccc(CC)c2)cn1. The molecule has 0 saturated heterocycles. The maximum absolute atomic E-state index is 13.8. The molecule has 0 aliphatic heterocycles. The maximum atomic E-state index is 13.8. The first-order chi connectivity index (χ1) is 17.9. The third-order valence-corrected chi connectivity index (χ3v) is 6.34. The van der Waals surface area contributed by atoms with E-state index in [2.05, 4.69) is 41.7 Å². The minimum atomic E-state index is -0.957. The minimum absolute atomic E-state index is 0.101. The second-order valence-corrected chi connectivity index (χ2v) is 9.49. The lowest BCUT2D eigenvalue weighted by Gasteiger charge is -2.25. The molecule has 2 aromatic carbocycles. The van der Waals surface area contributed by atoms with Crippen LogP contribution in [0.2, 0.25) is 0 Å². The first-order valence-corrected chi connectivity index (χ1v) is 13.1. The molecule has 0 bridgehead atoms. The van der Waals surface area contributed by atoms with Gasteiger partial charge in [0.15, 0.2) is 0 Å². The summed E-state index contributed by atoms with van der Waals surface area (Å²) in [5.74, 6) is -1.62.